The fraction of sp³-hybridized carbons (Fsp3) is 0.345. The van der Waals surface area contributed by atoms with E-state index in [0.717, 1.165) is 47.4 Å². The first kappa shape index (κ1) is 28.5. The average molecular weight is 577 g/mol. The lowest BCUT2D eigenvalue weighted by Gasteiger charge is -2.19. The lowest BCUT2D eigenvalue weighted by molar-refractivity contribution is 0.160. The van der Waals surface area contributed by atoms with E-state index in [9.17, 15) is 8.42 Å². The van der Waals surface area contributed by atoms with Crippen molar-refractivity contribution in [1.29, 1.82) is 0 Å². The molecule has 1 fully saturated rings. The van der Waals surface area contributed by atoms with Crippen LogP contribution in [0.5, 0.6) is 0 Å². The Kier molecular flexibility index (Phi) is 8.52. The van der Waals surface area contributed by atoms with E-state index in [-0.39, 0.29) is 17.9 Å². The molecule has 0 aliphatic carbocycles. The number of aromatic nitrogens is 4. The SMILES string of the molecule is COCCN1C[C@@H](N=C(Nc2c(C)c(-c3cnn(C)c3)nn2-c2ccccc2)NS(C)(=O)=O)[C@H](c2ccccc2)C1. The van der Waals surface area contributed by atoms with Crippen LogP contribution in [0.3, 0.4) is 0 Å². The van der Waals surface area contributed by atoms with E-state index in [4.69, 9.17) is 14.8 Å². The van der Waals surface area contributed by atoms with Gasteiger partial charge in [0.1, 0.15) is 11.5 Å². The normalized spacial score (nSPS) is 18.1. The summed E-state index contributed by atoms with van der Waals surface area (Å²) in [6.07, 6.45) is 4.78. The van der Waals surface area contributed by atoms with E-state index >= 15 is 0 Å². The molecule has 0 saturated carbocycles. The molecule has 4 aromatic rings. The van der Waals surface area contributed by atoms with E-state index in [1.807, 2.05) is 68.7 Å². The first-order valence-electron chi connectivity index (χ1n) is 13.4. The molecule has 11 nitrogen and oxygen atoms in total. The summed E-state index contributed by atoms with van der Waals surface area (Å²) in [5.41, 5.74) is 4.39. The molecule has 5 rings (SSSR count). The third-order valence-corrected chi connectivity index (χ3v) is 7.68. The third-order valence-electron chi connectivity index (χ3n) is 7.12. The van der Waals surface area contributed by atoms with E-state index < -0.39 is 10.0 Å². The van der Waals surface area contributed by atoms with Gasteiger partial charge < -0.3 is 10.1 Å². The first-order valence-corrected chi connectivity index (χ1v) is 15.3. The fourth-order valence-electron chi connectivity index (χ4n) is 5.18. The van der Waals surface area contributed by atoms with Gasteiger partial charge in [0.05, 0.1) is 30.8 Å². The molecule has 0 spiro atoms. The number of guanidine groups is 1. The molecule has 12 heteroatoms. The zero-order valence-electron chi connectivity index (χ0n) is 23.7. The van der Waals surface area contributed by atoms with E-state index in [0.29, 0.717) is 19.0 Å². The minimum absolute atomic E-state index is 0.0808. The first-order chi connectivity index (χ1) is 19.7. The monoisotopic (exact) mass is 576 g/mol. The van der Waals surface area contributed by atoms with Gasteiger partial charge in [-0.15, -0.1) is 0 Å². The van der Waals surface area contributed by atoms with Crippen LogP contribution in [0.4, 0.5) is 5.82 Å². The number of rotatable bonds is 9. The van der Waals surface area contributed by atoms with Crippen LogP contribution in [0.1, 0.15) is 17.0 Å². The zero-order chi connectivity index (χ0) is 29.0. The number of hydrogen-bond donors (Lipinski definition) is 2. The van der Waals surface area contributed by atoms with Gasteiger partial charge >= 0.3 is 0 Å². The standard InChI is InChI=1S/C29H36N8O3S/c1-21-27(23-17-30-35(2)18-23)33-37(24-13-9-6-10-14-24)28(21)32-29(34-41(4,38)39)31-26-20-36(15-16-40-3)19-25(26)22-11-7-5-8-12-22/h5-14,17-18,25-26H,15-16,19-20H2,1-4H3,(H2,31,32,34)/t25-,26+/m0/s1. The number of aliphatic imine (C=N–C) groups is 1. The van der Waals surface area contributed by atoms with Crippen molar-refractivity contribution < 1.29 is 13.2 Å². The van der Waals surface area contributed by atoms with Crippen LogP contribution in [-0.4, -0.2) is 84.5 Å². The van der Waals surface area contributed by atoms with Gasteiger partial charge in [-0.3, -0.25) is 14.3 Å². The van der Waals surface area contributed by atoms with Gasteiger partial charge in [0.25, 0.3) is 0 Å². The Morgan fingerprint density at radius 3 is 2.44 bits per heavy atom. The van der Waals surface area contributed by atoms with Gasteiger partial charge in [-0.05, 0) is 24.6 Å². The second-order valence-electron chi connectivity index (χ2n) is 10.3. The summed E-state index contributed by atoms with van der Waals surface area (Å²) < 4.78 is 36.5. The van der Waals surface area contributed by atoms with Gasteiger partial charge in [0.2, 0.25) is 16.0 Å². The van der Waals surface area contributed by atoms with Gasteiger partial charge in [-0.2, -0.15) is 10.2 Å². The molecular formula is C29H36N8O3S. The maximum Gasteiger partial charge on any atom is 0.232 e. The largest absolute Gasteiger partial charge is 0.383 e. The number of nitrogens with zero attached hydrogens (tertiary/aromatic N) is 6. The highest BCUT2D eigenvalue weighted by Gasteiger charge is 2.34. The Bertz CT molecular complexity index is 1600. The van der Waals surface area contributed by atoms with Crippen LogP contribution >= 0.6 is 0 Å². The number of aryl methyl sites for hydroxylation is 1. The predicted molar refractivity (Wildman–Crippen MR) is 161 cm³/mol. The van der Waals surface area contributed by atoms with Crippen LogP contribution < -0.4 is 10.0 Å². The summed E-state index contributed by atoms with van der Waals surface area (Å²) in [6.45, 7) is 4.78. The summed E-state index contributed by atoms with van der Waals surface area (Å²) in [5, 5.41) is 12.5. The molecule has 216 valence electrons. The lowest BCUT2D eigenvalue weighted by Crippen LogP contribution is -2.38. The van der Waals surface area contributed by atoms with Crippen molar-refractivity contribution in [3.63, 3.8) is 0 Å². The summed E-state index contributed by atoms with van der Waals surface area (Å²) in [4.78, 5) is 7.31. The van der Waals surface area contributed by atoms with E-state index in [2.05, 4.69) is 32.2 Å². The number of sulfonamides is 1. The number of anilines is 1. The number of nitrogens with one attached hydrogen (secondary N) is 2. The Morgan fingerprint density at radius 1 is 1.10 bits per heavy atom. The highest BCUT2D eigenvalue weighted by atomic mass is 32.2. The molecule has 1 aliphatic rings. The molecular weight excluding hydrogens is 540 g/mol. The molecule has 0 radical (unpaired) electrons. The van der Waals surface area contributed by atoms with Crippen molar-refractivity contribution in [3.8, 4) is 16.9 Å². The molecule has 2 atom stereocenters. The summed E-state index contributed by atoms with van der Waals surface area (Å²) in [7, 11) is -0.101. The third kappa shape index (κ3) is 6.84. The molecule has 2 N–H and O–H groups in total. The molecule has 0 bridgehead atoms. The van der Waals surface area contributed by atoms with Gasteiger partial charge in [0.15, 0.2) is 0 Å². The Labute approximate surface area is 240 Å². The van der Waals surface area contributed by atoms with Crippen molar-refractivity contribution in [2.45, 2.75) is 18.9 Å². The molecule has 1 aliphatic heterocycles. The zero-order valence-corrected chi connectivity index (χ0v) is 24.5. The van der Waals surface area contributed by atoms with Crippen molar-refractivity contribution in [3.05, 3.63) is 84.2 Å². The average Bonchev–Trinajstić information content (AvgIpc) is 3.65. The highest BCUT2D eigenvalue weighted by Crippen LogP contribution is 2.32. The summed E-state index contributed by atoms with van der Waals surface area (Å²) in [6, 6.07) is 19.7. The second kappa shape index (κ2) is 12.2. The Hall–Kier alpha value is -4.00. The maximum atomic E-state index is 12.5. The molecule has 1 saturated heterocycles. The number of ether oxygens (including phenoxy) is 1. The van der Waals surface area contributed by atoms with Crippen LogP contribution in [-0.2, 0) is 21.8 Å². The van der Waals surface area contributed by atoms with Gasteiger partial charge in [0, 0.05) is 57.0 Å². The molecule has 41 heavy (non-hydrogen) atoms. The smallest absolute Gasteiger partial charge is 0.232 e. The predicted octanol–water partition coefficient (Wildman–Crippen LogP) is 3.01. The van der Waals surface area contributed by atoms with Crippen molar-refractivity contribution in [2.24, 2.45) is 12.0 Å². The second-order valence-corrected chi connectivity index (χ2v) is 12.0. The van der Waals surface area contributed by atoms with Crippen LogP contribution in [0.2, 0.25) is 0 Å². The van der Waals surface area contributed by atoms with Crippen LogP contribution in [0.15, 0.2) is 78.0 Å². The summed E-state index contributed by atoms with van der Waals surface area (Å²) >= 11 is 0. The fourth-order valence-corrected chi connectivity index (χ4v) is 5.64. The topological polar surface area (TPSA) is 119 Å². The number of likely N-dealkylation sites (tertiary alicyclic amines) is 1. The Balaban J connectivity index is 1.57. The van der Waals surface area contributed by atoms with Crippen LogP contribution in [0.25, 0.3) is 16.9 Å². The maximum absolute atomic E-state index is 12.5. The molecule has 0 amide bonds. The van der Waals surface area contributed by atoms with Gasteiger partial charge in [-0.25, -0.2) is 18.1 Å². The van der Waals surface area contributed by atoms with Gasteiger partial charge in [-0.1, -0.05) is 48.5 Å². The highest BCUT2D eigenvalue weighted by molar-refractivity contribution is 7.89. The van der Waals surface area contributed by atoms with Crippen molar-refractivity contribution in [2.75, 3.05) is 44.9 Å². The van der Waals surface area contributed by atoms with Crippen LogP contribution in [0, 0.1) is 6.92 Å². The van der Waals surface area contributed by atoms with Crippen molar-refractivity contribution >= 4 is 21.8 Å². The minimum atomic E-state index is -3.65. The molecule has 3 heterocycles. The summed E-state index contributed by atoms with van der Waals surface area (Å²) in [5.74, 6) is 0.831. The number of benzene rings is 2. The number of hydrogen-bond acceptors (Lipinski definition) is 7. The van der Waals surface area contributed by atoms with E-state index in [1.54, 1.807) is 22.7 Å². The van der Waals surface area contributed by atoms with E-state index in [1.165, 1.54) is 0 Å². The number of para-hydroxylation sites is 1. The molecule has 2 aromatic heterocycles. The Morgan fingerprint density at radius 2 is 1.80 bits per heavy atom. The minimum Gasteiger partial charge on any atom is -0.383 e. The number of methoxy groups -OCH3 is 1. The molecule has 0 unspecified atom stereocenters. The molecule has 2 aromatic carbocycles. The quantitative estimate of drug-likeness (QED) is 0.232. The van der Waals surface area contributed by atoms with Crippen molar-refractivity contribution in [1.82, 2.24) is 29.2 Å². The lowest BCUT2D eigenvalue weighted by atomic mass is 9.95.